The standard InChI is InChI=1S/C15H17ClN4O4S/c1-4-5-24-15(23)9-7(2)11(12(17)21)25-14(9)19-13(22)10-8(16)6-18-20(10)3/h6H,4-5H2,1-3H3,(H2,17,21)(H,19,22). The number of nitrogens with zero attached hydrogens (tertiary/aromatic N) is 2. The van der Waals surface area contributed by atoms with Crippen LogP contribution >= 0.6 is 22.9 Å². The van der Waals surface area contributed by atoms with E-state index >= 15 is 0 Å². The molecule has 0 unspecified atom stereocenters. The number of hydrogen-bond acceptors (Lipinski definition) is 6. The summed E-state index contributed by atoms with van der Waals surface area (Å²) in [6, 6.07) is 0. The number of nitrogens with two attached hydrogens (primary N) is 1. The maximum atomic E-state index is 12.5. The molecule has 0 saturated heterocycles. The molecular weight excluding hydrogens is 368 g/mol. The van der Waals surface area contributed by atoms with Crippen LogP contribution in [0.4, 0.5) is 5.00 Å². The number of esters is 1. The van der Waals surface area contributed by atoms with Crippen molar-refractivity contribution >= 4 is 45.7 Å². The number of hydrogen-bond donors (Lipinski definition) is 2. The van der Waals surface area contributed by atoms with Gasteiger partial charge in [-0.1, -0.05) is 18.5 Å². The molecule has 2 aromatic heterocycles. The van der Waals surface area contributed by atoms with Gasteiger partial charge in [-0.05, 0) is 18.9 Å². The highest BCUT2D eigenvalue weighted by atomic mass is 35.5. The van der Waals surface area contributed by atoms with Crippen molar-refractivity contribution in [2.45, 2.75) is 20.3 Å². The second kappa shape index (κ2) is 7.66. The number of primary amides is 1. The second-order valence-electron chi connectivity index (χ2n) is 5.18. The van der Waals surface area contributed by atoms with E-state index in [1.54, 1.807) is 14.0 Å². The van der Waals surface area contributed by atoms with Gasteiger partial charge < -0.3 is 15.8 Å². The third-order valence-electron chi connectivity index (χ3n) is 3.35. The van der Waals surface area contributed by atoms with Crippen LogP contribution in [0.3, 0.4) is 0 Å². The summed E-state index contributed by atoms with van der Waals surface area (Å²) in [5.74, 6) is -1.88. The van der Waals surface area contributed by atoms with Crippen LogP contribution in [0.15, 0.2) is 6.20 Å². The molecule has 0 atom stereocenters. The molecule has 2 amide bonds. The number of carbonyl (C=O) groups is 3. The molecule has 2 rings (SSSR count). The Hall–Kier alpha value is -2.39. The van der Waals surface area contributed by atoms with Crippen molar-refractivity contribution in [2.24, 2.45) is 12.8 Å². The van der Waals surface area contributed by atoms with Gasteiger partial charge in [0.2, 0.25) is 0 Å². The third kappa shape index (κ3) is 3.83. The molecule has 0 aliphatic heterocycles. The van der Waals surface area contributed by atoms with Gasteiger partial charge in [-0.15, -0.1) is 11.3 Å². The van der Waals surface area contributed by atoms with E-state index in [1.165, 1.54) is 10.9 Å². The van der Waals surface area contributed by atoms with E-state index in [-0.39, 0.29) is 32.8 Å². The molecule has 8 nitrogen and oxygen atoms in total. The Balaban J connectivity index is 2.42. The number of aryl methyl sites for hydroxylation is 1. The van der Waals surface area contributed by atoms with E-state index in [9.17, 15) is 14.4 Å². The maximum Gasteiger partial charge on any atom is 0.341 e. The summed E-state index contributed by atoms with van der Waals surface area (Å²) in [5.41, 5.74) is 5.94. The van der Waals surface area contributed by atoms with Crippen molar-refractivity contribution in [1.82, 2.24) is 9.78 Å². The Bertz CT molecular complexity index is 823. The second-order valence-corrected chi connectivity index (χ2v) is 6.61. The fourth-order valence-corrected chi connectivity index (χ4v) is 3.47. The van der Waals surface area contributed by atoms with Gasteiger partial charge >= 0.3 is 5.97 Å². The summed E-state index contributed by atoms with van der Waals surface area (Å²) < 4.78 is 6.44. The summed E-state index contributed by atoms with van der Waals surface area (Å²) in [6.07, 6.45) is 1.98. The number of carbonyl (C=O) groups excluding carboxylic acids is 3. The maximum absolute atomic E-state index is 12.5. The topological polar surface area (TPSA) is 116 Å². The van der Waals surface area contributed by atoms with Gasteiger partial charge in [0.05, 0.1) is 28.3 Å². The first-order chi connectivity index (χ1) is 11.8. The minimum atomic E-state index is -0.689. The molecule has 0 aromatic carbocycles. The Morgan fingerprint density at radius 1 is 1.44 bits per heavy atom. The zero-order valence-corrected chi connectivity index (χ0v) is 15.5. The number of thiophene rings is 1. The molecule has 0 fully saturated rings. The van der Waals surface area contributed by atoms with E-state index in [2.05, 4.69) is 10.4 Å². The summed E-state index contributed by atoms with van der Waals surface area (Å²) in [6.45, 7) is 3.66. The number of halogens is 1. The predicted molar refractivity (Wildman–Crippen MR) is 94.3 cm³/mol. The molecule has 2 aromatic rings. The molecule has 0 aliphatic rings. The number of anilines is 1. The van der Waals surface area contributed by atoms with Crippen LogP contribution in [0.2, 0.25) is 5.02 Å². The minimum absolute atomic E-state index is 0.110. The Morgan fingerprint density at radius 2 is 2.12 bits per heavy atom. The van der Waals surface area contributed by atoms with Crippen LogP contribution < -0.4 is 11.1 Å². The fourth-order valence-electron chi connectivity index (χ4n) is 2.18. The SMILES string of the molecule is CCCOC(=O)c1c(NC(=O)c2c(Cl)cnn2C)sc(C(N)=O)c1C. The summed E-state index contributed by atoms with van der Waals surface area (Å²) >= 11 is 6.87. The van der Waals surface area contributed by atoms with Crippen molar-refractivity contribution in [2.75, 3.05) is 11.9 Å². The van der Waals surface area contributed by atoms with Crippen molar-refractivity contribution in [3.05, 3.63) is 32.9 Å². The average Bonchev–Trinajstić information content (AvgIpc) is 3.04. The van der Waals surface area contributed by atoms with Crippen LogP contribution in [0.5, 0.6) is 0 Å². The van der Waals surface area contributed by atoms with E-state index < -0.39 is 17.8 Å². The Kier molecular flexibility index (Phi) is 5.81. The van der Waals surface area contributed by atoms with Gasteiger partial charge in [-0.3, -0.25) is 14.3 Å². The lowest BCUT2D eigenvalue weighted by Crippen LogP contribution is -2.18. The average molecular weight is 385 g/mol. The molecular formula is C15H17ClN4O4S. The van der Waals surface area contributed by atoms with Gasteiger partial charge in [0.25, 0.3) is 11.8 Å². The molecule has 134 valence electrons. The molecule has 0 saturated carbocycles. The number of aromatic nitrogens is 2. The van der Waals surface area contributed by atoms with Crippen LogP contribution in [0.25, 0.3) is 0 Å². The highest BCUT2D eigenvalue weighted by Crippen LogP contribution is 2.34. The van der Waals surface area contributed by atoms with Gasteiger partial charge in [0, 0.05) is 7.05 Å². The van der Waals surface area contributed by atoms with E-state index in [0.717, 1.165) is 11.3 Å². The Morgan fingerprint density at radius 3 is 2.64 bits per heavy atom. The normalized spacial score (nSPS) is 10.6. The third-order valence-corrected chi connectivity index (χ3v) is 4.85. The van der Waals surface area contributed by atoms with Gasteiger partial charge in [0.1, 0.15) is 10.7 Å². The largest absolute Gasteiger partial charge is 0.462 e. The number of rotatable bonds is 6. The quantitative estimate of drug-likeness (QED) is 0.741. The van der Waals surface area contributed by atoms with Crippen molar-refractivity contribution in [3.8, 4) is 0 Å². The van der Waals surface area contributed by atoms with E-state index in [4.69, 9.17) is 22.1 Å². The summed E-state index contributed by atoms with van der Waals surface area (Å²) in [7, 11) is 1.56. The van der Waals surface area contributed by atoms with Crippen LogP contribution in [0.1, 0.15) is 49.4 Å². The zero-order valence-electron chi connectivity index (χ0n) is 13.9. The van der Waals surface area contributed by atoms with Crippen LogP contribution in [-0.4, -0.2) is 34.2 Å². The first-order valence-corrected chi connectivity index (χ1v) is 8.56. The summed E-state index contributed by atoms with van der Waals surface area (Å²) in [4.78, 5) is 36.6. The van der Waals surface area contributed by atoms with Crippen molar-refractivity contribution in [1.29, 1.82) is 0 Å². The van der Waals surface area contributed by atoms with Crippen LogP contribution in [0, 0.1) is 6.92 Å². The van der Waals surface area contributed by atoms with Gasteiger partial charge in [-0.25, -0.2) is 4.79 Å². The van der Waals surface area contributed by atoms with Crippen molar-refractivity contribution < 1.29 is 19.1 Å². The lowest BCUT2D eigenvalue weighted by Gasteiger charge is -2.08. The molecule has 0 aliphatic carbocycles. The van der Waals surface area contributed by atoms with E-state index in [0.29, 0.717) is 12.0 Å². The molecule has 25 heavy (non-hydrogen) atoms. The minimum Gasteiger partial charge on any atom is -0.462 e. The monoisotopic (exact) mass is 384 g/mol. The smallest absolute Gasteiger partial charge is 0.341 e. The van der Waals surface area contributed by atoms with Gasteiger partial charge in [0.15, 0.2) is 0 Å². The Labute approximate surface area is 152 Å². The molecule has 3 N–H and O–H groups in total. The number of nitrogens with one attached hydrogen (secondary N) is 1. The highest BCUT2D eigenvalue weighted by Gasteiger charge is 2.27. The number of amides is 2. The van der Waals surface area contributed by atoms with Gasteiger partial charge in [-0.2, -0.15) is 5.10 Å². The fraction of sp³-hybridized carbons (Fsp3) is 0.333. The molecule has 0 spiro atoms. The van der Waals surface area contributed by atoms with Crippen LogP contribution in [-0.2, 0) is 11.8 Å². The lowest BCUT2D eigenvalue weighted by atomic mass is 10.1. The molecule has 0 radical (unpaired) electrons. The first-order valence-electron chi connectivity index (χ1n) is 7.37. The molecule has 10 heteroatoms. The summed E-state index contributed by atoms with van der Waals surface area (Å²) in [5, 5.41) is 6.82. The predicted octanol–water partition coefficient (Wildman–Crippen LogP) is 2.36. The van der Waals surface area contributed by atoms with Crippen molar-refractivity contribution in [3.63, 3.8) is 0 Å². The molecule has 2 heterocycles. The lowest BCUT2D eigenvalue weighted by molar-refractivity contribution is 0.0506. The number of ether oxygens (including phenoxy) is 1. The highest BCUT2D eigenvalue weighted by molar-refractivity contribution is 7.18. The molecule has 0 bridgehead atoms. The zero-order chi connectivity index (χ0) is 18.7. The first kappa shape index (κ1) is 18.9. The van der Waals surface area contributed by atoms with E-state index in [1.807, 2.05) is 6.92 Å².